The van der Waals surface area contributed by atoms with Crippen LogP contribution in [0.2, 0.25) is 0 Å². The molecule has 1 aliphatic heterocycles. The lowest BCUT2D eigenvalue weighted by Crippen LogP contribution is -2.26. The largest absolute Gasteiger partial charge is 0.392 e. The number of aliphatic hydroxyl groups excluding tert-OH is 1. The van der Waals surface area contributed by atoms with Gasteiger partial charge in [0.05, 0.1) is 6.10 Å². The molecule has 0 amide bonds. The minimum absolute atomic E-state index is 0.257. The third-order valence-corrected chi connectivity index (χ3v) is 3.32. The smallest absolute Gasteiger partial charge is 0.126 e. The van der Waals surface area contributed by atoms with Crippen molar-refractivity contribution in [3.05, 3.63) is 35.4 Å². The number of benzene rings is 1. The first-order chi connectivity index (χ1) is 8.54. The van der Waals surface area contributed by atoms with Crippen molar-refractivity contribution in [1.29, 1.82) is 0 Å². The van der Waals surface area contributed by atoms with Crippen LogP contribution in [-0.4, -0.2) is 35.7 Å². The van der Waals surface area contributed by atoms with Crippen molar-refractivity contribution in [2.75, 3.05) is 19.6 Å². The van der Waals surface area contributed by atoms with Gasteiger partial charge in [-0.15, -0.1) is 0 Å². The molecule has 1 aromatic carbocycles. The van der Waals surface area contributed by atoms with E-state index < -0.39 is 11.6 Å². The van der Waals surface area contributed by atoms with Gasteiger partial charge in [-0.3, -0.25) is 0 Å². The van der Waals surface area contributed by atoms with Crippen LogP contribution in [0.25, 0.3) is 0 Å². The van der Waals surface area contributed by atoms with Gasteiger partial charge in [0, 0.05) is 31.7 Å². The number of rotatable bonds is 4. The summed E-state index contributed by atoms with van der Waals surface area (Å²) in [6.45, 7) is 2.24. The number of halogens is 2. The van der Waals surface area contributed by atoms with Gasteiger partial charge < -0.3 is 15.7 Å². The van der Waals surface area contributed by atoms with Gasteiger partial charge in [-0.05, 0) is 30.5 Å². The third kappa shape index (κ3) is 3.48. The Bertz CT molecular complexity index is 394. The van der Waals surface area contributed by atoms with Crippen LogP contribution in [0.3, 0.4) is 0 Å². The van der Waals surface area contributed by atoms with Crippen molar-refractivity contribution in [1.82, 2.24) is 4.90 Å². The van der Waals surface area contributed by atoms with Crippen LogP contribution in [-0.2, 0) is 0 Å². The first kappa shape index (κ1) is 13.4. The summed E-state index contributed by atoms with van der Waals surface area (Å²) >= 11 is 0. The summed E-state index contributed by atoms with van der Waals surface area (Å²) < 4.78 is 26.1. The molecule has 0 saturated carbocycles. The molecule has 2 unspecified atom stereocenters. The molecule has 2 rings (SSSR count). The molecule has 0 radical (unpaired) electrons. The Hall–Kier alpha value is -1.04. The highest BCUT2D eigenvalue weighted by Crippen LogP contribution is 2.18. The van der Waals surface area contributed by atoms with Crippen molar-refractivity contribution >= 4 is 0 Å². The van der Waals surface area contributed by atoms with Gasteiger partial charge >= 0.3 is 0 Å². The molecule has 2 atom stereocenters. The fourth-order valence-electron chi connectivity index (χ4n) is 2.29. The molecule has 100 valence electrons. The van der Waals surface area contributed by atoms with E-state index in [1.54, 1.807) is 0 Å². The summed E-state index contributed by atoms with van der Waals surface area (Å²) in [4.78, 5) is 2.11. The van der Waals surface area contributed by atoms with Gasteiger partial charge in [0.1, 0.15) is 11.6 Å². The molecule has 1 saturated heterocycles. The Labute approximate surface area is 105 Å². The average molecular weight is 256 g/mol. The van der Waals surface area contributed by atoms with Crippen LogP contribution in [0, 0.1) is 11.6 Å². The Morgan fingerprint density at radius 1 is 1.33 bits per heavy atom. The average Bonchev–Trinajstić information content (AvgIpc) is 2.70. The van der Waals surface area contributed by atoms with Crippen LogP contribution < -0.4 is 5.73 Å². The van der Waals surface area contributed by atoms with E-state index >= 15 is 0 Å². The summed E-state index contributed by atoms with van der Waals surface area (Å²) in [6.07, 6.45) is 1.15. The van der Waals surface area contributed by atoms with E-state index in [2.05, 4.69) is 4.90 Å². The summed E-state index contributed by atoms with van der Waals surface area (Å²) in [5.41, 5.74) is 6.40. The Balaban J connectivity index is 1.89. The molecule has 3 N–H and O–H groups in total. The lowest BCUT2D eigenvalue weighted by atomic mass is 10.0. The predicted octanol–water partition coefficient (Wildman–Crippen LogP) is 1.42. The SMILES string of the molecule is NC(CCN1CCC(O)C1)c1cc(F)cc(F)c1. The summed E-state index contributed by atoms with van der Waals surface area (Å²) in [7, 11) is 0. The van der Waals surface area contributed by atoms with E-state index in [-0.39, 0.29) is 12.1 Å². The van der Waals surface area contributed by atoms with Crippen molar-refractivity contribution in [3.8, 4) is 0 Å². The van der Waals surface area contributed by atoms with Gasteiger partial charge in [0.2, 0.25) is 0 Å². The maximum absolute atomic E-state index is 13.0. The maximum atomic E-state index is 13.0. The van der Waals surface area contributed by atoms with Gasteiger partial charge in [0.25, 0.3) is 0 Å². The Kier molecular flexibility index (Phi) is 4.27. The second-order valence-corrected chi connectivity index (χ2v) is 4.84. The second kappa shape index (κ2) is 5.73. The predicted molar refractivity (Wildman–Crippen MR) is 65.0 cm³/mol. The highest BCUT2D eigenvalue weighted by Gasteiger charge is 2.20. The normalized spacial score (nSPS) is 22.3. The number of nitrogens with two attached hydrogens (primary N) is 1. The lowest BCUT2D eigenvalue weighted by molar-refractivity contribution is 0.175. The van der Waals surface area contributed by atoms with Crippen LogP contribution in [0.1, 0.15) is 24.4 Å². The van der Waals surface area contributed by atoms with E-state index in [9.17, 15) is 13.9 Å². The molecule has 0 bridgehead atoms. The topological polar surface area (TPSA) is 49.5 Å². The van der Waals surface area contributed by atoms with Crippen LogP contribution in [0.4, 0.5) is 8.78 Å². The van der Waals surface area contributed by atoms with Gasteiger partial charge in [-0.2, -0.15) is 0 Å². The second-order valence-electron chi connectivity index (χ2n) is 4.84. The molecule has 0 aliphatic carbocycles. The van der Waals surface area contributed by atoms with E-state index in [1.165, 1.54) is 12.1 Å². The number of hydrogen-bond acceptors (Lipinski definition) is 3. The summed E-state index contributed by atoms with van der Waals surface area (Å²) in [5, 5.41) is 9.38. The fourth-order valence-corrected chi connectivity index (χ4v) is 2.29. The van der Waals surface area contributed by atoms with Crippen LogP contribution in [0.15, 0.2) is 18.2 Å². The Morgan fingerprint density at radius 2 is 2.00 bits per heavy atom. The number of nitrogens with zero attached hydrogens (tertiary/aromatic N) is 1. The highest BCUT2D eigenvalue weighted by molar-refractivity contribution is 5.21. The number of aliphatic hydroxyl groups is 1. The van der Waals surface area contributed by atoms with E-state index in [0.717, 1.165) is 25.6 Å². The van der Waals surface area contributed by atoms with Crippen molar-refractivity contribution in [2.45, 2.75) is 25.0 Å². The molecular weight excluding hydrogens is 238 g/mol. The van der Waals surface area contributed by atoms with E-state index in [0.29, 0.717) is 18.5 Å². The number of likely N-dealkylation sites (tertiary alicyclic amines) is 1. The zero-order chi connectivity index (χ0) is 13.1. The quantitative estimate of drug-likeness (QED) is 0.856. The zero-order valence-electron chi connectivity index (χ0n) is 10.1. The molecule has 1 fully saturated rings. The molecule has 18 heavy (non-hydrogen) atoms. The molecule has 1 aliphatic rings. The van der Waals surface area contributed by atoms with E-state index in [4.69, 9.17) is 5.73 Å². The van der Waals surface area contributed by atoms with Crippen LogP contribution >= 0.6 is 0 Å². The van der Waals surface area contributed by atoms with Crippen molar-refractivity contribution < 1.29 is 13.9 Å². The van der Waals surface area contributed by atoms with Crippen molar-refractivity contribution in [3.63, 3.8) is 0 Å². The van der Waals surface area contributed by atoms with E-state index in [1.807, 2.05) is 0 Å². The van der Waals surface area contributed by atoms with Crippen LogP contribution in [0.5, 0.6) is 0 Å². The molecule has 5 heteroatoms. The standard InChI is InChI=1S/C13H18F2N2O/c14-10-5-9(6-11(15)7-10)13(16)2-4-17-3-1-12(18)8-17/h5-7,12-13,18H,1-4,8,16H2. The minimum atomic E-state index is -0.600. The molecular formula is C13H18F2N2O. The molecule has 1 heterocycles. The number of β-amino-alcohol motifs (C(OH)–C–C–N with tert-alkyl or cyclic N) is 1. The molecule has 0 spiro atoms. The first-order valence-electron chi connectivity index (χ1n) is 6.16. The molecule has 3 nitrogen and oxygen atoms in total. The Morgan fingerprint density at radius 3 is 2.56 bits per heavy atom. The first-order valence-corrected chi connectivity index (χ1v) is 6.16. The highest BCUT2D eigenvalue weighted by atomic mass is 19.1. The van der Waals surface area contributed by atoms with Gasteiger partial charge in [-0.1, -0.05) is 0 Å². The lowest BCUT2D eigenvalue weighted by Gasteiger charge is -2.18. The number of hydrogen-bond donors (Lipinski definition) is 2. The van der Waals surface area contributed by atoms with Gasteiger partial charge in [-0.25, -0.2) is 8.78 Å². The maximum Gasteiger partial charge on any atom is 0.126 e. The fraction of sp³-hybridized carbons (Fsp3) is 0.538. The monoisotopic (exact) mass is 256 g/mol. The summed E-state index contributed by atoms with van der Waals surface area (Å²) in [5.74, 6) is -1.20. The minimum Gasteiger partial charge on any atom is -0.392 e. The van der Waals surface area contributed by atoms with Gasteiger partial charge in [0.15, 0.2) is 0 Å². The zero-order valence-corrected chi connectivity index (χ0v) is 10.1. The summed E-state index contributed by atoms with van der Waals surface area (Å²) in [6, 6.07) is 3.00. The van der Waals surface area contributed by atoms with Crippen molar-refractivity contribution in [2.24, 2.45) is 5.73 Å². The molecule has 1 aromatic rings. The third-order valence-electron chi connectivity index (χ3n) is 3.32. The molecule has 0 aromatic heterocycles.